The summed E-state index contributed by atoms with van der Waals surface area (Å²) < 4.78 is 0. The zero-order valence-corrected chi connectivity index (χ0v) is 13.7. The predicted molar refractivity (Wildman–Crippen MR) is 88.6 cm³/mol. The molecule has 1 N–H and O–H groups in total. The van der Waals surface area contributed by atoms with Crippen LogP contribution in [0.3, 0.4) is 0 Å². The van der Waals surface area contributed by atoms with Gasteiger partial charge in [0.05, 0.1) is 0 Å². The van der Waals surface area contributed by atoms with Crippen LogP contribution in [0.25, 0.3) is 0 Å². The molecule has 0 spiro atoms. The number of aryl methyl sites for hydroxylation is 1. The summed E-state index contributed by atoms with van der Waals surface area (Å²) in [4.78, 5) is 5.37. The fourth-order valence-electron chi connectivity index (χ4n) is 4.06. The molecule has 3 nitrogen and oxygen atoms in total. The van der Waals surface area contributed by atoms with Gasteiger partial charge in [0.25, 0.3) is 0 Å². The summed E-state index contributed by atoms with van der Waals surface area (Å²) in [5, 5.41) is 3.54. The minimum absolute atomic E-state index is 0.415. The molecule has 0 amide bonds. The lowest BCUT2D eigenvalue weighted by Gasteiger charge is -2.43. The van der Waals surface area contributed by atoms with Crippen LogP contribution in [0.2, 0.25) is 0 Å². The molecule has 3 rings (SSSR count). The van der Waals surface area contributed by atoms with Crippen molar-refractivity contribution in [2.24, 2.45) is 0 Å². The highest BCUT2D eigenvalue weighted by atomic mass is 15.3. The summed E-state index contributed by atoms with van der Waals surface area (Å²) in [6, 6.07) is 10.8. The molecule has 2 saturated heterocycles. The molecule has 116 valence electrons. The van der Waals surface area contributed by atoms with Gasteiger partial charge >= 0.3 is 0 Å². The minimum Gasteiger partial charge on any atom is -0.312 e. The van der Waals surface area contributed by atoms with Crippen LogP contribution in [0.4, 0.5) is 0 Å². The molecular weight excluding hydrogens is 258 g/mol. The number of likely N-dealkylation sites (N-methyl/N-ethyl adjacent to an activating group) is 1. The van der Waals surface area contributed by atoms with Crippen molar-refractivity contribution in [2.75, 3.05) is 33.2 Å². The van der Waals surface area contributed by atoms with E-state index in [-0.39, 0.29) is 0 Å². The Kier molecular flexibility index (Phi) is 4.63. The van der Waals surface area contributed by atoms with Crippen LogP contribution >= 0.6 is 0 Å². The van der Waals surface area contributed by atoms with E-state index in [1.807, 2.05) is 0 Å². The van der Waals surface area contributed by atoms with E-state index in [0.717, 1.165) is 6.04 Å². The van der Waals surface area contributed by atoms with Crippen molar-refractivity contribution in [1.29, 1.82) is 0 Å². The van der Waals surface area contributed by atoms with Gasteiger partial charge in [-0.1, -0.05) is 29.8 Å². The smallest absolute Gasteiger partial charge is 0.0473 e. The van der Waals surface area contributed by atoms with E-state index in [2.05, 4.69) is 60.3 Å². The van der Waals surface area contributed by atoms with Crippen LogP contribution in [0, 0.1) is 6.92 Å². The second-order valence-corrected chi connectivity index (χ2v) is 6.74. The van der Waals surface area contributed by atoms with E-state index in [4.69, 9.17) is 0 Å². The Morgan fingerprint density at radius 1 is 1.14 bits per heavy atom. The van der Waals surface area contributed by atoms with Crippen LogP contribution in [0.15, 0.2) is 24.3 Å². The monoisotopic (exact) mass is 287 g/mol. The van der Waals surface area contributed by atoms with E-state index in [1.54, 1.807) is 0 Å². The van der Waals surface area contributed by atoms with Gasteiger partial charge in [-0.05, 0) is 45.8 Å². The number of hydrogen-bond donors (Lipinski definition) is 1. The lowest BCUT2D eigenvalue weighted by molar-refractivity contribution is 0.0641. The van der Waals surface area contributed by atoms with Crippen molar-refractivity contribution in [2.45, 2.75) is 44.8 Å². The Bertz CT molecular complexity index is 456. The molecule has 3 heteroatoms. The molecule has 2 aliphatic heterocycles. The molecule has 2 aliphatic rings. The van der Waals surface area contributed by atoms with Crippen LogP contribution in [-0.4, -0.2) is 55.1 Å². The molecule has 0 saturated carbocycles. The first-order valence-electron chi connectivity index (χ1n) is 8.41. The van der Waals surface area contributed by atoms with Crippen molar-refractivity contribution >= 4 is 0 Å². The fourth-order valence-corrected chi connectivity index (χ4v) is 4.06. The van der Waals surface area contributed by atoms with Gasteiger partial charge in [0.1, 0.15) is 0 Å². The number of benzene rings is 1. The zero-order chi connectivity index (χ0) is 14.8. The summed E-state index contributed by atoms with van der Waals surface area (Å²) in [6.07, 6.45) is 2.78. The van der Waals surface area contributed by atoms with Gasteiger partial charge in [-0.2, -0.15) is 0 Å². The highest BCUT2D eigenvalue weighted by Gasteiger charge is 2.34. The summed E-state index contributed by atoms with van der Waals surface area (Å²) in [5.41, 5.74) is 2.74. The Balaban J connectivity index is 1.70. The molecule has 0 bridgehead atoms. The normalized spacial score (nSPS) is 26.5. The Labute approximate surface area is 129 Å². The number of fused-ring (bicyclic) bond motifs is 1. The summed E-state index contributed by atoms with van der Waals surface area (Å²) >= 11 is 0. The number of hydrogen-bond acceptors (Lipinski definition) is 3. The van der Waals surface area contributed by atoms with Crippen molar-refractivity contribution in [1.82, 2.24) is 15.1 Å². The first kappa shape index (κ1) is 15.0. The van der Waals surface area contributed by atoms with E-state index in [1.165, 1.54) is 50.1 Å². The average molecular weight is 287 g/mol. The third-order valence-electron chi connectivity index (χ3n) is 5.42. The van der Waals surface area contributed by atoms with Crippen LogP contribution in [0.1, 0.15) is 36.9 Å². The van der Waals surface area contributed by atoms with Crippen molar-refractivity contribution in [3.8, 4) is 0 Å². The average Bonchev–Trinajstić information content (AvgIpc) is 2.97. The van der Waals surface area contributed by atoms with Crippen LogP contribution in [0.5, 0.6) is 0 Å². The van der Waals surface area contributed by atoms with Crippen molar-refractivity contribution in [3.05, 3.63) is 35.4 Å². The topological polar surface area (TPSA) is 18.5 Å². The van der Waals surface area contributed by atoms with Gasteiger partial charge in [0, 0.05) is 37.8 Å². The van der Waals surface area contributed by atoms with Gasteiger partial charge in [-0.15, -0.1) is 0 Å². The Morgan fingerprint density at radius 3 is 2.62 bits per heavy atom. The lowest BCUT2D eigenvalue weighted by Crippen LogP contribution is -2.55. The molecule has 2 fully saturated rings. The van der Waals surface area contributed by atoms with Gasteiger partial charge in [-0.25, -0.2) is 0 Å². The molecule has 3 unspecified atom stereocenters. The van der Waals surface area contributed by atoms with Gasteiger partial charge in [-0.3, -0.25) is 9.80 Å². The van der Waals surface area contributed by atoms with E-state index in [9.17, 15) is 0 Å². The second-order valence-electron chi connectivity index (χ2n) is 6.74. The van der Waals surface area contributed by atoms with Gasteiger partial charge in [0.2, 0.25) is 0 Å². The third-order valence-corrected chi connectivity index (χ3v) is 5.42. The molecule has 1 aromatic rings. The van der Waals surface area contributed by atoms with Crippen LogP contribution in [-0.2, 0) is 0 Å². The number of rotatable bonds is 4. The van der Waals surface area contributed by atoms with E-state index < -0.39 is 0 Å². The third kappa shape index (κ3) is 3.15. The molecule has 3 atom stereocenters. The highest BCUT2D eigenvalue weighted by molar-refractivity contribution is 5.25. The number of piperazine rings is 1. The number of nitrogens with zero attached hydrogens (tertiary/aromatic N) is 2. The summed E-state index contributed by atoms with van der Waals surface area (Å²) in [6.45, 7) is 9.55. The first-order valence-corrected chi connectivity index (χ1v) is 8.41. The second kappa shape index (κ2) is 6.47. The van der Waals surface area contributed by atoms with Crippen molar-refractivity contribution < 1.29 is 0 Å². The highest BCUT2D eigenvalue weighted by Crippen LogP contribution is 2.27. The molecule has 2 heterocycles. The Hall–Kier alpha value is -0.900. The standard InChI is InChI=1S/C18H29N3/c1-14-6-8-16(9-7-14)18(19-3)15(2)21-12-11-20-10-4-5-17(20)13-21/h6-9,15,17-19H,4-5,10-13H2,1-3H3. The van der Waals surface area contributed by atoms with Gasteiger partial charge < -0.3 is 5.32 Å². The quantitative estimate of drug-likeness (QED) is 0.917. The lowest BCUT2D eigenvalue weighted by atomic mass is 9.97. The molecule has 0 radical (unpaired) electrons. The first-order chi connectivity index (χ1) is 10.2. The summed E-state index contributed by atoms with van der Waals surface area (Å²) in [5.74, 6) is 0. The molecule has 1 aromatic carbocycles. The largest absolute Gasteiger partial charge is 0.312 e. The fraction of sp³-hybridized carbons (Fsp3) is 0.667. The maximum atomic E-state index is 3.54. The maximum Gasteiger partial charge on any atom is 0.0473 e. The maximum absolute atomic E-state index is 3.54. The molecule has 21 heavy (non-hydrogen) atoms. The molecular formula is C18H29N3. The molecule has 0 aliphatic carbocycles. The van der Waals surface area contributed by atoms with Crippen molar-refractivity contribution in [3.63, 3.8) is 0 Å². The minimum atomic E-state index is 0.415. The van der Waals surface area contributed by atoms with Crippen LogP contribution < -0.4 is 5.32 Å². The zero-order valence-electron chi connectivity index (χ0n) is 13.7. The SMILES string of the molecule is CNC(c1ccc(C)cc1)C(C)N1CCN2CCCC2C1. The number of nitrogens with one attached hydrogen (secondary N) is 1. The van der Waals surface area contributed by atoms with E-state index >= 15 is 0 Å². The Morgan fingerprint density at radius 2 is 1.90 bits per heavy atom. The molecule has 0 aromatic heterocycles. The summed E-state index contributed by atoms with van der Waals surface area (Å²) in [7, 11) is 2.09. The predicted octanol–water partition coefficient (Wildman–Crippen LogP) is 2.42. The van der Waals surface area contributed by atoms with E-state index in [0.29, 0.717) is 12.1 Å². The van der Waals surface area contributed by atoms with Gasteiger partial charge in [0.15, 0.2) is 0 Å².